The first-order valence-electron chi connectivity index (χ1n) is 11.4. The lowest BCUT2D eigenvalue weighted by atomic mass is 9.99. The maximum Gasteiger partial charge on any atom is 0.255 e. The average Bonchev–Trinajstić information content (AvgIpc) is 2.91. The van der Waals surface area contributed by atoms with Crippen molar-refractivity contribution >= 4 is 5.95 Å². The van der Waals surface area contributed by atoms with E-state index in [1.54, 1.807) is 14.2 Å². The summed E-state index contributed by atoms with van der Waals surface area (Å²) in [6, 6.07) is 19.4. The van der Waals surface area contributed by atoms with Crippen LogP contribution in [0.3, 0.4) is 0 Å². The van der Waals surface area contributed by atoms with Crippen molar-refractivity contribution in [3.8, 4) is 28.1 Å². The fraction of sp³-hybridized carbons (Fsp3) is 0.222. The predicted molar refractivity (Wildman–Crippen MR) is 134 cm³/mol. The highest BCUT2D eigenvalue weighted by Crippen LogP contribution is 2.27. The molecule has 178 valence electrons. The second-order valence-electron chi connectivity index (χ2n) is 8.50. The summed E-state index contributed by atoms with van der Waals surface area (Å²) < 4.78 is 21.1. The van der Waals surface area contributed by atoms with Crippen LogP contribution in [-0.2, 0) is 7.05 Å². The Morgan fingerprint density at radius 1 is 1.06 bits per heavy atom. The number of methoxy groups -OCH3 is 1. The van der Waals surface area contributed by atoms with E-state index in [0.29, 0.717) is 24.7 Å². The Kier molecular flexibility index (Phi) is 6.29. The molecule has 0 spiro atoms. The van der Waals surface area contributed by atoms with Crippen molar-refractivity contribution in [3.63, 3.8) is 0 Å². The molecule has 1 N–H and O–H groups in total. The number of nitrogens with one attached hydrogen (secondary N) is 1. The summed E-state index contributed by atoms with van der Waals surface area (Å²) in [4.78, 5) is 23.2. The number of nitrogens with zero attached hydrogens (tertiary/aromatic N) is 4. The van der Waals surface area contributed by atoms with E-state index in [9.17, 15) is 9.18 Å². The van der Waals surface area contributed by atoms with Gasteiger partial charge in [-0.05, 0) is 34.9 Å². The number of rotatable bonds is 5. The maximum absolute atomic E-state index is 14.3. The number of benzene rings is 2. The standard InChI is InChI=1S/C27H26FN5O2/c1-32-26(34)15-24(22-11-12-29-16-23(22)28)31-27(32)33-14-13-30-25(17-33)20-5-3-18(4-6-20)19-7-9-21(35-2)10-8-19/h3-12,15-16,25,30H,13-14,17H2,1-2H3/t25-/m1/s1. The highest BCUT2D eigenvalue weighted by atomic mass is 19.1. The van der Waals surface area contributed by atoms with E-state index in [4.69, 9.17) is 4.74 Å². The molecule has 0 bridgehead atoms. The SMILES string of the molecule is COc1ccc(-c2ccc([C@H]3CN(c4nc(-c5ccncc5F)cc(=O)n4C)CCN3)cc2)cc1. The predicted octanol–water partition coefficient (Wildman–Crippen LogP) is 3.81. The third-order valence-corrected chi connectivity index (χ3v) is 6.35. The molecule has 3 heterocycles. The maximum atomic E-state index is 14.3. The Morgan fingerprint density at radius 2 is 1.77 bits per heavy atom. The van der Waals surface area contributed by atoms with Crippen molar-refractivity contribution in [2.45, 2.75) is 6.04 Å². The zero-order chi connectivity index (χ0) is 24.4. The average molecular weight is 472 g/mol. The lowest BCUT2D eigenvalue weighted by Gasteiger charge is -2.35. The quantitative estimate of drug-likeness (QED) is 0.477. The molecule has 1 aliphatic heterocycles. The van der Waals surface area contributed by atoms with Crippen LogP contribution in [0.1, 0.15) is 11.6 Å². The molecule has 5 rings (SSSR count). The van der Waals surface area contributed by atoms with Gasteiger partial charge in [0.05, 0.1) is 19.0 Å². The van der Waals surface area contributed by atoms with Crippen molar-refractivity contribution < 1.29 is 9.13 Å². The first-order valence-corrected chi connectivity index (χ1v) is 11.4. The van der Waals surface area contributed by atoms with Crippen LogP contribution in [0.5, 0.6) is 5.75 Å². The molecule has 7 nitrogen and oxygen atoms in total. The minimum absolute atomic E-state index is 0.0619. The molecule has 0 amide bonds. The van der Waals surface area contributed by atoms with Gasteiger partial charge in [-0.3, -0.25) is 14.3 Å². The van der Waals surface area contributed by atoms with Gasteiger partial charge >= 0.3 is 0 Å². The summed E-state index contributed by atoms with van der Waals surface area (Å²) in [6.45, 7) is 2.04. The molecular formula is C27H26FN5O2. The number of pyridine rings is 1. The van der Waals surface area contributed by atoms with E-state index in [-0.39, 0.29) is 17.2 Å². The van der Waals surface area contributed by atoms with Gasteiger partial charge in [-0.1, -0.05) is 36.4 Å². The fourth-order valence-electron chi connectivity index (χ4n) is 4.38. The molecule has 1 atom stereocenters. The molecule has 8 heteroatoms. The summed E-state index contributed by atoms with van der Waals surface area (Å²) >= 11 is 0. The van der Waals surface area contributed by atoms with Gasteiger partial charge < -0.3 is 15.0 Å². The number of halogens is 1. The van der Waals surface area contributed by atoms with E-state index >= 15 is 0 Å². The molecule has 0 radical (unpaired) electrons. The Hall–Kier alpha value is -4.04. The normalized spacial score (nSPS) is 15.7. The van der Waals surface area contributed by atoms with Crippen molar-refractivity contribution in [2.75, 3.05) is 31.6 Å². The van der Waals surface area contributed by atoms with Gasteiger partial charge in [0.15, 0.2) is 5.82 Å². The van der Waals surface area contributed by atoms with Crippen LogP contribution >= 0.6 is 0 Å². The zero-order valence-corrected chi connectivity index (χ0v) is 19.6. The largest absolute Gasteiger partial charge is 0.497 e. The molecule has 35 heavy (non-hydrogen) atoms. The number of aromatic nitrogens is 3. The van der Waals surface area contributed by atoms with Crippen molar-refractivity contribution in [1.82, 2.24) is 19.9 Å². The van der Waals surface area contributed by atoms with Gasteiger partial charge in [0.25, 0.3) is 5.56 Å². The van der Waals surface area contributed by atoms with Crippen LogP contribution in [-0.4, -0.2) is 41.3 Å². The highest BCUT2D eigenvalue weighted by Gasteiger charge is 2.24. The van der Waals surface area contributed by atoms with Gasteiger partial charge in [-0.15, -0.1) is 0 Å². The van der Waals surface area contributed by atoms with E-state index in [1.807, 2.05) is 24.3 Å². The molecule has 1 aliphatic rings. The second-order valence-corrected chi connectivity index (χ2v) is 8.50. The summed E-state index contributed by atoms with van der Waals surface area (Å²) in [5.41, 5.74) is 3.73. The van der Waals surface area contributed by atoms with E-state index in [2.05, 4.69) is 44.5 Å². The lowest BCUT2D eigenvalue weighted by Crippen LogP contribution is -2.47. The van der Waals surface area contributed by atoms with Crippen LogP contribution in [0.25, 0.3) is 22.4 Å². The number of piperazine rings is 1. The summed E-state index contributed by atoms with van der Waals surface area (Å²) in [6.07, 6.45) is 2.62. The van der Waals surface area contributed by atoms with E-state index in [1.165, 1.54) is 22.9 Å². The smallest absolute Gasteiger partial charge is 0.255 e. The van der Waals surface area contributed by atoms with Gasteiger partial charge in [0.1, 0.15) is 5.75 Å². The first-order chi connectivity index (χ1) is 17.0. The fourth-order valence-corrected chi connectivity index (χ4v) is 4.38. The first kappa shape index (κ1) is 22.7. The van der Waals surface area contributed by atoms with Crippen molar-refractivity contribution in [1.29, 1.82) is 0 Å². The minimum atomic E-state index is -0.505. The van der Waals surface area contributed by atoms with Gasteiger partial charge in [-0.25, -0.2) is 9.37 Å². The highest BCUT2D eigenvalue weighted by molar-refractivity contribution is 5.64. The monoisotopic (exact) mass is 471 g/mol. The summed E-state index contributed by atoms with van der Waals surface area (Å²) in [7, 11) is 3.35. The van der Waals surface area contributed by atoms with Crippen LogP contribution in [0, 0.1) is 5.82 Å². The molecule has 1 fully saturated rings. The lowest BCUT2D eigenvalue weighted by molar-refractivity contribution is 0.415. The van der Waals surface area contributed by atoms with Gasteiger partial charge in [-0.2, -0.15) is 0 Å². The molecular weight excluding hydrogens is 445 g/mol. The van der Waals surface area contributed by atoms with Crippen molar-refractivity contribution in [3.05, 3.63) is 94.8 Å². The third-order valence-electron chi connectivity index (χ3n) is 6.35. The molecule has 4 aromatic rings. The van der Waals surface area contributed by atoms with Crippen LogP contribution < -0.4 is 20.5 Å². The van der Waals surface area contributed by atoms with E-state index < -0.39 is 5.82 Å². The molecule has 0 saturated carbocycles. The Morgan fingerprint density at radius 3 is 2.46 bits per heavy atom. The number of ether oxygens (including phenoxy) is 1. The van der Waals surface area contributed by atoms with Crippen LogP contribution in [0.4, 0.5) is 10.3 Å². The third kappa shape index (κ3) is 4.65. The van der Waals surface area contributed by atoms with Gasteiger partial charge in [0, 0.05) is 50.6 Å². The Bertz CT molecular complexity index is 1390. The number of anilines is 1. The Balaban J connectivity index is 1.39. The van der Waals surface area contributed by atoms with Crippen LogP contribution in [0.15, 0.2) is 77.9 Å². The summed E-state index contributed by atoms with van der Waals surface area (Å²) in [5, 5.41) is 3.56. The van der Waals surface area contributed by atoms with Crippen LogP contribution in [0.2, 0.25) is 0 Å². The molecule has 0 unspecified atom stereocenters. The topological polar surface area (TPSA) is 72.3 Å². The van der Waals surface area contributed by atoms with Gasteiger partial charge in [0.2, 0.25) is 5.95 Å². The molecule has 1 saturated heterocycles. The number of hydrogen-bond donors (Lipinski definition) is 1. The van der Waals surface area contributed by atoms with E-state index in [0.717, 1.165) is 35.2 Å². The molecule has 0 aliphatic carbocycles. The Labute approximate surface area is 202 Å². The second kappa shape index (κ2) is 9.68. The van der Waals surface area contributed by atoms with Crippen molar-refractivity contribution in [2.24, 2.45) is 7.05 Å². The summed E-state index contributed by atoms with van der Waals surface area (Å²) in [5.74, 6) is 0.843. The number of hydrogen-bond acceptors (Lipinski definition) is 6. The molecule has 2 aromatic carbocycles. The zero-order valence-electron chi connectivity index (χ0n) is 19.6. The molecule has 2 aromatic heterocycles. The minimum Gasteiger partial charge on any atom is -0.497 e.